The number of halogens is 1. The lowest BCUT2D eigenvalue weighted by atomic mass is 9.74. The lowest BCUT2D eigenvalue weighted by Gasteiger charge is -2.44. The highest BCUT2D eigenvalue weighted by Crippen LogP contribution is 2.49. The van der Waals surface area contributed by atoms with Gasteiger partial charge in [-0.1, -0.05) is 44.4 Å². The Morgan fingerprint density at radius 3 is 2.69 bits per heavy atom. The highest BCUT2D eigenvalue weighted by atomic mass is 35.5. The van der Waals surface area contributed by atoms with E-state index in [1.807, 2.05) is 17.0 Å². The number of amides is 1. The van der Waals surface area contributed by atoms with Crippen LogP contribution in [0.5, 0.6) is 0 Å². The van der Waals surface area contributed by atoms with Gasteiger partial charge in [-0.2, -0.15) is 0 Å². The van der Waals surface area contributed by atoms with Crippen LogP contribution in [0.2, 0.25) is 5.02 Å². The Bertz CT molecular complexity index is 982. The molecule has 0 unspecified atom stereocenters. The molecule has 2 N–H and O–H groups in total. The molecular weight excluding hydrogens is 386 g/mol. The zero-order valence-electron chi connectivity index (χ0n) is 16.9. The number of carbonyl (C=O) groups excluding carboxylic acids is 1. The molecule has 5 nitrogen and oxygen atoms in total. The van der Waals surface area contributed by atoms with E-state index < -0.39 is 0 Å². The van der Waals surface area contributed by atoms with Crippen LogP contribution in [0.15, 0.2) is 28.9 Å². The van der Waals surface area contributed by atoms with Gasteiger partial charge in [0.25, 0.3) is 5.91 Å². The third-order valence-corrected chi connectivity index (χ3v) is 7.19. The predicted molar refractivity (Wildman–Crippen MR) is 116 cm³/mol. The SMILES string of the molecule is C=C1Nc2c(Cl)cc3cc(C(=O)N4CCC(C)CC4)oc3c2C2(CCCCC2)N1. The third kappa shape index (κ3) is 3.10. The summed E-state index contributed by atoms with van der Waals surface area (Å²) >= 11 is 6.67. The van der Waals surface area contributed by atoms with E-state index in [0.29, 0.717) is 16.7 Å². The van der Waals surface area contributed by atoms with Gasteiger partial charge in [0.2, 0.25) is 0 Å². The summed E-state index contributed by atoms with van der Waals surface area (Å²) in [5.74, 6) is 1.84. The molecule has 1 saturated heterocycles. The van der Waals surface area contributed by atoms with Crippen molar-refractivity contribution in [2.24, 2.45) is 5.92 Å². The molecule has 2 aromatic rings. The number of carbonyl (C=O) groups is 1. The van der Waals surface area contributed by atoms with Crippen molar-refractivity contribution in [3.05, 3.63) is 40.9 Å². The first-order valence-electron chi connectivity index (χ1n) is 10.8. The van der Waals surface area contributed by atoms with Crippen LogP contribution >= 0.6 is 11.6 Å². The molecule has 3 heterocycles. The monoisotopic (exact) mass is 413 g/mol. The lowest BCUT2D eigenvalue weighted by Crippen LogP contribution is -2.48. The number of likely N-dealkylation sites (tertiary alicyclic amines) is 1. The summed E-state index contributed by atoms with van der Waals surface area (Å²) in [5, 5.41) is 8.44. The molecule has 6 heteroatoms. The van der Waals surface area contributed by atoms with Crippen molar-refractivity contribution >= 4 is 34.2 Å². The van der Waals surface area contributed by atoms with Crippen LogP contribution in [-0.2, 0) is 5.54 Å². The highest BCUT2D eigenvalue weighted by Gasteiger charge is 2.42. The number of fused-ring (bicyclic) bond motifs is 4. The van der Waals surface area contributed by atoms with E-state index in [4.69, 9.17) is 16.0 Å². The first-order valence-corrected chi connectivity index (χ1v) is 11.1. The number of hydrogen-bond donors (Lipinski definition) is 2. The van der Waals surface area contributed by atoms with Crippen molar-refractivity contribution in [3.63, 3.8) is 0 Å². The molecule has 3 aliphatic rings. The van der Waals surface area contributed by atoms with Crippen molar-refractivity contribution in [2.45, 2.75) is 57.4 Å². The predicted octanol–water partition coefficient (Wildman–Crippen LogP) is 5.60. The van der Waals surface area contributed by atoms with E-state index in [2.05, 4.69) is 24.1 Å². The summed E-state index contributed by atoms with van der Waals surface area (Å²) in [6.45, 7) is 7.95. The average Bonchev–Trinajstić information content (AvgIpc) is 3.12. The maximum absolute atomic E-state index is 13.1. The van der Waals surface area contributed by atoms with Gasteiger partial charge in [-0.15, -0.1) is 0 Å². The zero-order chi connectivity index (χ0) is 20.2. The molecule has 29 heavy (non-hydrogen) atoms. The number of nitrogens with zero attached hydrogens (tertiary/aromatic N) is 1. The molecule has 154 valence electrons. The standard InChI is InChI=1S/C23H28ClN3O2/c1-14-6-10-27(11-7-14)22(28)18-13-16-12-17(24)20-19(21(16)29-18)23(26-15(2)25-20)8-4-3-5-9-23/h12-14,25-26H,2-11H2,1H3. The first kappa shape index (κ1) is 18.9. The van der Waals surface area contributed by atoms with Crippen LogP contribution in [-0.4, -0.2) is 23.9 Å². The molecule has 1 aromatic heterocycles. The largest absolute Gasteiger partial charge is 0.450 e. The van der Waals surface area contributed by atoms with Crippen LogP contribution in [0.3, 0.4) is 0 Å². The molecule has 1 aromatic carbocycles. The molecule has 2 fully saturated rings. The second-order valence-electron chi connectivity index (χ2n) is 8.98. The minimum atomic E-state index is -0.238. The summed E-state index contributed by atoms with van der Waals surface area (Å²) in [6, 6.07) is 3.76. The second kappa shape index (κ2) is 6.98. The van der Waals surface area contributed by atoms with Gasteiger partial charge >= 0.3 is 0 Å². The van der Waals surface area contributed by atoms with E-state index in [0.717, 1.165) is 79.7 Å². The van der Waals surface area contributed by atoms with Crippen molar-refractivity contribution in [1.82, 2.24) is 10.2 Å². The molecule has 1 amide bonds. The van der Waals surface area contributed by atoms with Crippen LogP contribution in [0, 0.1) is 5.92 Å². The van der Waals surface area contributed by atoms with Crippen LogP contribution < -0.4 is 10.6 Å². The number of hydrogen-bond acceptors (Lipinski definition) is 4. The highest BCUT2D eigenvalue weighted by molar-refractivity contribution is 6.34. The van der Waals surface area contributed by atoms with Gasteiger partial charge in [-0.25, -0.2) is 0 Å². The minimum Gasteiger partial charge on any atom is -0.450 e. The van der Waals surface area contributed by atoms with Gasteiger partial charge in [0.15, 0.2) is 5.76 Å². The lowest BCUT2D eigenvalue weighted by molar-refractivity contribution is 0.0667. The number of rotatable bonds is 1. The maximum Gasteiger partial charge on any atom is 0.289 e. The molecule has 0 radical (unpaired) electrons. The smallest absolute Gasteiger partial charge is 0.289 e. The molecule has 2 aliphatic heterocycles. The fourth-order valence-corrected chi connectivity index (χ4v) is 5.52. The summed E-state index contributed by atoms with van der Waals surface area (Å²) in [4.78, 5) is 15.0. The van der Waals surface area contributed by atoms with Gasteiger partial charge < -0.3 is 20.0 Å². The van der Waals surface area contributed by atoms with E-state index in [1.54, 1.807) is 0 Å². The summed E-state index contributed by atoms with van der Waals surface area (Å²) in [7, 11) is 0. The third-order valence-electron chi connectivity index (χ3n) is 6.89. The first-order chi connectivity index (χ1) is 14.0. The molecular formula is C23H28ClN3O2. The number of anilines is 1. The Labute approximate surface area is 176 Å². The fourth-order valence-electron chi connectivity index (χ4n) is 5.26. The average molecular weight is 414 g/mol. The Balaban J connectivity index is 1.61. The number of benzene rings is 1. The van der Waals surface area contributed by atoms with E-state index in [1.165, 1.54) is 6.42 Å². The molecule has 0 atom stereocenters. The topological polar surface area (TPSA) is 57.5 Å². The summed E-state index contributed by atoms with van der Waals surface area (Å²) in [6.07, 6.45) is 7.63. The van der Waals surface area contributed by atoms with E-state index >= 15 is 0 Å². The fraction of sp³-hybridized carbons (Fsp3) is 0.522. The van der Waals surface area contributed by atoms with Crippen LogP contribution in [0.25, 0.3) is 11.0 Å². The van der Waals surface area contributed by atoms with Gasteiger partial charge in [-0.05, 0) is 43.7 Å². The van der Waals surface area contributed by atoms with Crippen molar-refractivity contribution < 1.29 is 9.21 Å². The van der Waals surface area contributed by atoms with Gasteiger partial charge in [0.1, 0.15) is 5.58 Å². The molecule has 1 spiro atoms. The molecule has 1 saturated carbocycles. The minimum absolute atomic E-state index is 0.0168. The number of piperidine rings is 1. The van der Waals surface area contributed by atoms with Gasteiger partial charge in [0, 0.05) is 24.0 Å². The Morgan fingerprint density at radius 2 is 1.97 bits per heavy atom. The Kier molecular flexibility index (Phi) is 4.54. The summed E-state index contributed by atoms with van der Waals surface area (Å²) < 4.78 is 6.27. The van der Waals surface area contributed by atoms with Crippen molar-refractivity contribution in [1.29, 1.82) is 0 Å². The molecule has 0 bridgehead atoms. The summed E-state index contributed by atoms with van der Waals surface area (Å²) in [5.41, 5.74) is 2.45. The van der Waals surface area contributed by atoms with Crippen molar-refractivity contribution in [2.75, 3.05) is 18.4 Å². The quantitative estimate of drug-likeness (QED) is 0.638. The molecule has 5 rings (SSSR count). The number of furan rings is 1. The van der Waals surface area contributed by atoms with Gasteiger partial charge in [-0.3, -0.25) is 4.79 Å². The number of nitrogens with one attached hydrogen (secondary N) is 2. The van der Waals surface area contributed by atoms with E-state index in [-0.39, 0.29) is 11.4 Å². The Morgan fingerprint density at radius 1 is 1.24 bits per heavy atom. The van der Waals surface area contributed by atoms with Crippen LogP contribution in [0.4, 0.5) is 5.69 Å². The second-order valence-corrected chi connectivity index (χ2v) is 9.39. The maximum atomic E-state index is 13.1. The van der Waals surface area contributed by atoms with E-state index in [9.17, 15) is 4.79 Å². The molecule has 1 aliphatic carbocycles. The Hall–Kier alpha value is -2.14. The van der Waals surface area contributed by atoms with Gasteiger partial charge in [0.05, 0.1) is 22.1 Å². The zero-order valence-corrected chi connectivity index (χ0v) is 17.7. The normalized spacial score (nSPS) is 21.7. The van der Waals surface area contributed by atoms with Crippen LogP contribution in [0.1, 0.15) is 68.0 Å². The van der Waals surface area contributed by atoms with Crippen molar-refractivity contribution in [3.8, 4) is 0 Å².